The Morgan fingerprint density at radius 3 is 2.41 bits per heavy atom. The van der Waals surface area contributed by atoms with Crippen LogP contribution in [-0.4, -0.2) is 34.7 Å². The molecular weight excluding hydrogens is 486 g/mol. The molecule has 2 aromatic rings. The van der Waals surface area contributed by atoms with Gasteiger partial charge in [0, 0.05) is 24.7 Å². The molecular formula is C29H33F4NO3. The molecule has 1 aliphatic carbocycles. The highest BCUT2D eigenvalue weighted by Crippen LogP contribution is 2.49. The summed E-state index contributed by atoms with van der Waals surface area (Å²) in [7, 11) is 0. The smallest absolute Gasteiger partial charge is 0.416 e. The minimum absolute atomic E-state index is 0.0330. The van der Waals surface area contributed by atoms with Crippen LogP contribution in [0.25, 0.3) is 0 Å². The Labute approximate surface area is 214 Å². The number of piperidine rings is 1. The lowest BCUT2D eigenvalue weighted by Crippen LogP contribution is -2.50. The van der Waals surface area contributed by atoms with Crippen molar-refractivity contribution < 1.29 is 32.2 Å². The molecule has 0 radical (unpaired) electrons. The zero-order chi connectivity index (χ0) is 26.5. The van der Waals surface area contributed by atoms with Crippen molar-refractivity contribution in [3.8, 4) is 5.75 Å². The molecule has 1 spiro atoms. The molecule has 0 amide bonds. The minimum Gasteiger partial charge on any atom is -0.487 e. The maximum atomic E-state index is 14.5. The van der Waals surface area contributed by atoms with Crippen LogP contribution >= 0.6 is 0 Å². The first-order valence-corrected chi connectivity index (χ1v) is 13.1. The molecule has 2 fully saturated rings. The molecule has 2 heterocycles. The molecule has 1 N–H and O–H groups in total. The van der Waals surface area contributed by atoms with E-state index in [1.54, 1.807) is 13.8 Å². The summed E-state index contributed by atoms with van der Waals surface area (Å²) in [5.74, 6) is -0.707. The Morgan fingerprint density at radius 2 is 1.78 bits per heavy atom. The van der Waals surface area contributed by atoms with Gasteiger partial charge in [0.15, 0.2) is 0 Å². The molecule has 1 saturated carbocycles. The van der Waals surface area contributed by atoms with Crippen molar-refractivity contribution in [2.75, 3.05) is 13.1 Å². The van der Waals surface area contributed by atoms with Crippen LogP contribution in [-0.2, 0) is 17.4 Å². The summed E-state index contributed by atoms with van der Waals surface area (Å²) in [4.78, 5) is 13.8. The Kier molecular flexibility index (Phi) is 6.75. The number of aliphatic carboxylic acids is 1. The van der Waals surface area contributed by atoms with Crippen LogP contribution < -0.4 is 4.74 Å². The lowest BCUT2D eigenvalue weighted by atomic mass is 9.80. The number of fused-ring (bicyclic) bond motifs is 1. The fourth-order valence-corrected chi connectivity index (χ4v) is 6.21. The molecule has 0 aromatic heterocycles. The van der Waals surface area contributed by atoms with Crippen molar-refractivity contribution in [2.24, 2.45) is 11.8 Å². The van der Waals surface area contributed by atoms with Gasteiger partial charge in [-0.2, -0.15) is 13.2 Å². The average Bonchev–Trinajstić information content (AvgIpc) is 3.68. The molecule has 2 aromatic carbocycles. The SMILES string of the molecule is CC(C(=O)O)C(c1ccc2c(c1)OC1(CC2)CCN(C(C)c2cc(C(F)(F)F)ccc2F)CC1)C1CC1. The van der Waals surface area contributed by atoms with Crippen molar-refractivity contribution in [3.05, 3.63) is 64.5 Å². The number of carboxylic acid groups (broad SMARTS) is 1. The van der Waals surface area contributed by atoms with Crippen LogP contribution in [0.15, 0.2) is 36.4 Å². The number of alkyl halides is 3. The van der Waals surface area contributed by atoms with Crippen molar-refractivity contribution in [1.82, 2.24) is 4.90 Å². The van der Waals surface area contributed by atoms with Gasteiger partial charge < -0.3 is 9.84 Å². The van der Waals surface area contributed by atoms with Gasteiger partial charge >= 0.3 is 12.1 Å². The first-order chi connectivity index (χ1) is 17.5. The van der Waals surface area contributed by atoms with Crippen molar-refractivity contribution in [2.45, 2.75) is 76.1 Å². The Hall–Kier alpha value is -2.61. The number of hydrogen-bond acceptors (Lipinski definition) is 3. The molecule has 3 atom stereocenters. The van der Waals surface area contributed by atoms with Gasteiger partial charge in [0.2, 0.25) is 0 Å². The molecule has 3 unspecified atom stereocenters. The zero-order valence-electron chi connectivity index (χ0n) is 21.2. The number of nitrogens with zero attached hydrogens (tertiary/aromatic N) is 1. The summed E-state index contributed by atoms with van der Waals surface area (Å²) < 4.78 is 60.7. The average molecular weight is 520 g/mol. The third-order valence-electron chi connectivity index (χ3n) is 8.74. The largest absolute Gasteiger partial charge is 0.487 e. The molecule has 3 aliphatic rings. The van der Waals surface area contributed by atoms with Crippen LogP contribution in [0.4, 0.5) is 17.6 Å². The van der Waals surface area contributed by atoms with Gasteiger partial charge in [-0.25, -0.2) is 4.39 Å². The van der Waals surface area contributed by atoms with E-state index in [4.69, 9.17) is 4.74 Å². The molecule has 8 heteroatoms. The number of carboxylic acids is 1. The highest BCUT2D eigenvalue weighted by molar-refractivity contribution is 5.71. The molecule has 37 heavy (non-hydrogen) atoms. The first kappa shape index (κ1) is 26.0. The lowest BCUT2D eigenvalue weighted by Gasteiger charge is -2.46. The predicted molar refractivity (Wildman–Crippen MR) is 131 cm³/mol. The minimum atomic E-state index is -4.52. The van der Waals surface area contributed by atoms with E-state index in [1.165, 1.54) is 0 Å². The third kappa shape index (κ3) is 5.22. The summed E-state index contributed by atoms with van der Waals surface area (Å²) in [5, 5.41) is 9.64. The van der Waals surface area contributed by atoms with E-state index in [0.29, 0.717) is 31.8 Å². The highest BCUT2D eigenvalue weighted by Gasteiger charge is 2.43. The van der Waals surface area contributed by atoms with Gasteiger partial charge in [-0.1, -0.05) is 19.1 Å². The predicted octanol–water partition coefficient (Wildman–Crippen LogP) is 6.98. The van der Waals surface area contributed by atoms with E-state index >= 15 is 0 Å². The molecule has 0 bridgehead atoms. The lowest BCUT2D eigenvalue weighted by molar-refractivity contribution is -0.142. The number of likely N-dealkylation sites (tertiary alicyclic amines) is 1. The van der Waals surface area contributed by atoms with E-state index in [-0.39, 0.29) is 17.1 Å². The number of aryl methyl sites for hydroxylation is 1. The molecule has 200 valence electrons. The third-order valence-corrected chi connectivity index (χ3v) is 8.74. The van der Waals surface area contributed by atoms with Gasteiger partial charge in [-0.05, 0) is 92.7 Å². The topological polar surface area (TPSA) is 49.8 Å². The Morgan fingerprint density at radius 1 is 1.08 bits per heavy atom. The van der Waals surface area contributed by atoms with Gasteiger partial charge in [-0.3, -0.25) is 9.69 Å². The number of rotatable bonds is 6. The Bertz CT molecular complexity index is 1170. The van der Waals surface area contributed by atoms with Gasteiger partial charge in [-0.15, -0.1) is 0 Å². The highest BCUT2D eigenvalue weighted by atomic mass is 19.4. The van der Waals surface area contributed by atoms with E-state index in [0.717, 1.165) is 60.8 Å². The summed E-state index contributed by atoms with van der Waals surface area (Å²) in [6.07, 6.45) is 0.664. The zero-order valence-corrected chi connectivity index (χ0v) is 21.2. The summed E-state index contributed by atoms with van der Waals surface area (Å²) in [6, 6.07) is 8.27. The number of carbonyl (C=O) groups is 1. The quantitative estimate of drug-likeness (QED) is 0.419. The van der Waals surface area contributed by atoms with Gasteiger partial charge in [0.1, 0.15) is 17.2 Å². The second-order valence-electron chi connectivity index (χ2n) is 11.1. The second-order valence-corrected chi connectivity index (χ2v) is 11.1. The first-order valence-electron chi connectivity index (χ1n) is 13.1. The van der Waals surface area contributed by atoms with E-state index in [1.807, 2.05) is 11.0 Å². The van der Waals surface area contributed by atoms with Crippen LogP contribution in [0, 0.1) is 17.7 Å². The summed E-state index contributed by atoms with van der Waals surface area (Å²) >= 11 is 0. The van der Waals surface area contributed by atoms with Crippen LogP contribution in [0.2, 0.25) is 0 Å². The van der Waals surface area contributed by atoms with E-state index in [2.05, 4.69) is 12.1 Å². The Balaban J connectivity index is 1.30. The fourth-order valence-electron chi connectivity index (χ4n) is 6.21. The van der Waals surface area contributed by atoms with Crippen LogP contribution in [0.1, 0.15) is 80.2 Å². The number of ether oxygens (including phenoxy) is 1. The fraction of sp³-hybridized carbons (Fsp3) is 0.552. The van der Waals surface area contributed by atoms with Crippen molar-refractivity contribution in [1.29, 1.82) is 0 Å². The monoisotopic (exact) mass is 519 g/mol. The maximum Gasteiger partial charge on any atom is 0.416 e. The number of halogens is 4. The van der Waals surface area contributed by atoms with Crippen LogP contribution in [0.5, 0.6) is 5.75 Å². The number of benzene rings is 2. The summed E-state index contributed by atoms with van der Waals surface area (Å²) in [6.45, 7) is 4.71. The number of hydrogen-bond donors (Lipinski definition) is 1. The molecule has 4 nitrogen and oxygen atoms in total. The van der Waals surface area contributed by atoms with Gasteiger partial charge in [0.05, 0.1) is 11.5 Å². The molecule has 2 aliphatic heterocycles. The van der Waals surface area contributed by atoms with Crippen molar-refractivity contribution >= 4 is 5.97 Å². The van der Waals surface area contributed by atoms with Crippen LogP contribution in [0.3, 0.4) is 0 Å². The summed E-state index contributed by atoms with van der Waals surface area (Å²) in [5.41, 5.74) is 0.979. The van der Waals surface area contributed by atoms with E-state index < -0.39 is 35.5 Å². The molecule has 1 saturated heterocycles. The standard InChI is InChI=1S/C29H33F4NO3/c1-17(27(35)36)26(20-4-5-20)21-6-3-19-9-10-28(37-25(19)15-21)11-13-34(14-12-28)18(2)23-16-22(29(31,32)33)7-8-24(23)30/h3,6-8,15-18,20,26H,4-5,9-14H2,1-2H3,(H,35,36). The second kappa shape index (κ2) is 9.61. The van der Waals surface area contributed by atoms with E-state index in [9.17, 15) is 27.5 Å². The molecule has 5 rings (SSSR count). The maximum absolute atomic E-state index is 14.5. The van der Waals surface area contributed by atoms with Crippen molar-refractivity contribution in [3.63, 3.8) is 0 Å². The normalized spacial score (nSPS) is 22.1. The van der Waals surface area contributed by atoms with Gasteiger partial charge in [0.25, 0.3) is 0 Å².